The van der Waals surface area contributed by atoms with Gasteiger partial charge >= 0.3 is 0 Å². The zero-order valence-corrected chi connectivity index (χ0v) is 19.0. The summed E-state index contributed by atoms with van der Waals surface area (Å²) in [4.78, 5) is 8.92. The Morgan fingerprint density at radius 2 is 1.88 bits per heavy atom. The van der Waals surface area contributed by atoms with Crippen LogP contribution >= 0.6 is 39.9 Å². The van der Waals surface area contributed by atoms with Crippen molar-refractivity contribution in [2.75, 3.05) is 6.54 Å². The first-order chi connectivity index (χ1) is 11.4. The quantitative estimate of drug-likeness (QED) is 0.343. The average molecular weight is 521 g/mol. The fourth-order valence-corrected chi connectivity index (χ4v) is 2.26. The van der Waals surface area contributed by atoms with Crippen LogP contribution in [0.4, 0.5) is 0 Å². The van der Waals surface area contributed by atoms with Gasteiger partial charge in [-0.15, -0.1) is 24.0 Å². The van der Waals surface area contributed by atoms with Crippen molar-refractivity contribution in [2.24, 2.45) is 4.99 Å². The molecule has 25 heavy (non-hydrogen) atoms. The number of hydrogen-bond donors (Lipinski definition) is 2. The van der Waals surface area contributed by atoms with Gasteiger partial charge in [0.1, 0.15) is 5.76 Å². The number of nitrogens with zero attached hydrogens (tertiary/aromatic N) is 2. The number of hydrogen-bond acceptors (Lipinski definition) is 3. The first kappa shape index (κ1) is 22.0. The summed E-state index contributed by atoms with van der Waals surface area (Å²) in [6.45, 7) is 10.3. The van der Waals surface area contributed by atoms with Gasteiger partial charge in [-0.05, 0) is 24.6 Å². The molecule has 0 fully saturated rings. The summed E-state index contributed by atoms with van der Waals surface area (Å²) in [6.07, 6.45) is 1.79. The van der Waals surface area contributed by atoms with E-state index in [0.717, 1.165) is 28.3 Å². The topological polar surface area (TPSA) is 62.5 Å². The van der Waals surface area contributed by atoms with E-state index >= 15 is 0 Å². The second-order valence-corrected chi connectivity index (χ2v) is 7.46. The number of guanidine groups is 1. The Morgan fingerprint density at radius 1 is 1.20 bits per heavy atom. The molecule has 0 saturated heterocycles. The van der Waals surface area contributed by atoms with E-state index in [0.29, 0.717) is 19.0 Å². The number of nitrogens with one attached hydrogen (secondary N) is 2. The lowest BCUT2D eigenvalue weighted by atomic mass is 9.94. The van der Waals surface area contributed by atoms with Crippen molar-refractivity contribution in [2.45, 2.75) is 46.2 Å². The molecule has 138 valence electrons. The van der Waals surface area contributed by atoms with Crippen LogP contribution in [0.1, 0.15) is 44.9 Å². The van der Waals surface area contributed by atoms with Crippen molar-refractivity contribution in [3.05, 3.63) is 52.1 Å². The Labute approximate surface area is 175 Å². The summed E-state index contributed by atoms with van der Waals surface area (Å²) in [7, 11) is 0. The highest BCUT2D eigenvalue weighted by Gasteiger charge is 2.19. The van der Waals surface area contributed by atoms with Crippen molar-refractivity contribution >= 4 is 45.9 Å². The van der Waals surface area contributed by atoms with Crippen molar-refractivity contribution in [3.8, 4) is 0 Å². The third kappa shape index (κ3) is 7.35. The molecule has 0 saturated carbocycles. The number of aliphatic imine (C=N–C) groups is 1. The van der Waals surface area contributed by atoms with Gasteiger partial charge in [0.05, 0.1) is 19.3 Å². The summed E-state index contributed by atoms with van der Waals surface area (Å²) in [5.41, 5.74) is 1.12. The van der Waals surface area contributed by atoms with E-state index in [1.807, 2.05) is 19.1 Å². The Hall–Kier alpha value is -1.09. The molecule has 0 unspecified atom stereocenters. The van der Waals surface area contributed by atoms with Gasteiger partial charge in [-0.2, -0.15) is 0 Å². The molecule has 0 radical (unpaired) electrons. The van der Waals surface area contributed by atoms with E-state index in [4.69, 9.17) is 4.42 Å². The Morgan fingerprint density at radius 3 is 2.44 bits per heavy atom. The van der Waals surface area contributed by atoms with Gasteiger partial charge in [0, 0.05) is 16.4 Å². The van der Waals surface area contributed by atoms with Crippen molar-refractivity contribution in [1.29, 1.82) is 0 Å². The highest BCUT2D eigenvalue weighted by Crippen LogP contribution is 2.22. The molecular formula is C18H26BrIN4O. The molecular weight excluding hydrogens is 495 g/mol. The lowest BCUT2D eigenvalue weighted by Gasteiger charge is -2.13. The molecule has 1 aromatic carbocycles. The third-order valence-electron chi connectivity index (χ3n) is 3.38. The fourth-order valence-electron chi connectivity index (χ4n) is 2.00. The lowest BCUT2D eigenvalue weighted by Crippen LogP contribution is -2.36. The summed E-state index contributed by atoms with van der Waals surface area (Å²) in [6, 6.07) is 8.15. The van der Waals surface area contributed by atoms with E-state index in [1.165, 1.54) is 0 Å². The van der Waals surface area contributed by atoms with Crippen LogP contribution in [0.3, 0.4) is 0 Å². The van der Waals surface area contributed by atoms with Gasteiger partial charge < -0.3 is 15.1 Å². The first-order valence-electron chi connectivity index (χ1n) is 8.10. The molecule has 2 N–H and O–H groups in total. The molecule has 0 amide bonds. The number of halogens is 2. The summed E-state index contributed by atoms with van der Waals surface area (Å²) in [5.74, 6) is 2.29. The van der Waals surface area contributed by atoms with Crippen LogP contribution in [-0.2, 0) is 18.5 Å². The van der Waals surface area contributed by atoms with Crippen LogP contribution in [-0.4, -0.2) is 17.5 Å². The molecule has 0 aliphatic rings. The minimum Gasteiger partial charge on any atom is -0.443 e. The maximum atomic E-state index is 5.79. The van der Waals surface area contributed by atoms with Gasteiger partial charge in [-0.25, -0.2) is 9.98 Å². The molecule has 0 bridgehead atoms. The van der Waals surface area contributed by atoms with E-state index in [9.17, 15) is 0 Å². The molecule has 7 heteroatoms. The van der Waals surface area contributed by atoms with Crippen LogP contribution in [0, 0.1) is 0 Å². The largest absolute Gasteiger partial charge is 0.443 e. The van der Waals surface area contributed by atoms with E-state index in [1.54, 1.807) is 6.20 Å². The van der Waals surface area contributed by atoms with Crippen molar-refractivity contribution < 1.29 is 4.42 Å². The van der Waals surface area contributed by atoms with Crippen molar-refractivity contribution in [1.82, 2.24) is 15.6 Å². The lowest BCUT2D eigenvalue weighted by molar-refractivity contribution is 0.379. The molecule has 2 aromatic rings. The number of aromatic nitrogens is 1. The van der Waals surface area contributed by atoms with Gasteiger partial charge in [0.25, 0.3) is 0 Å². The Kier molecular flexibility index (Phi) is 8.92. The summed E-state index contributed by atoms with van der Waals surface area (Å²) >= 11 is 3.44. The highest BCUT2D eigenvalue weighted by molar-refractivity contribution is 14.0. The highest BCUT2D eigenvalue weighted by atomic mass is 127. The smallest absolute Gasteiger partial charge is 0.213 e. The molecule has 0 spiro atoms. The van der Waals surface area contributed by atoms with Gasteiger partial charge in [-0.1, -0.05) is 48.8 Å². The van der Waals surface area contributed by atoms with Crippen LogP contribution in [0.25, 0.3) is 0 Å². The van der Waals surface area contributed by atoms with Crippen molar-refractivity contribution in [3.63, 3.8) is 0 Å². The molecule has 2 rings (SSSR count). The van der Waals surface area contributed by atoms with E-state index in [-0.39, 0.29) is 29.4 Å². The first-order valence-corrected chi connectivity index (χ1v) is 8.89. The predicted molar refractivity (Wildman–Crippen MR) is 116 cm³/mol. The minimum absolute atomic E-state index is 0. The molecule has 0 aliphatic carbocycles. The average Bonchev–Trinajstić information content (AvgIpc) is 3.01. The van der Waals surface area contributed by atoms with Crippen LogP contribution in [0.15, 0.2) is 44.3 Å². The summed E-state index contributed by atoms with van der Waals surface area (Å²) < 4.78 is 6.86. The third-order valence-corrected chi connectivity index (χ3v) is 3.91. The van der Waals surface area contributed by atoms with E-state index in [2.05, 4.69) is 69.4 Å². The maximum absolute atomic E-state index is 5.79. The minimum atomic E-state index is -0.0363. The summed E-state index contributed by atoms with van der Waals surface area (Å²) in [5, 5.41) is 6.49. The normalized spacial score (nSPS) is 11.8. The molecule has 0 aliphatic heterocycles. The second kappa shape index (κ2) is 10.2. The number of rotatable bonds is 5. The SMILES string of the molecule is CCNC(=NCc1ccc(Br)cc1)NCc1ncc(C(C)(C)C)o1.I. The molecule has 1 aromatic heterocycles. The second-order valence-electron chi connectivity index (χ2n) is 6.54. The van der Waals surface area contributed by atoms with Gasteiger partial charge in [0.2, 0.25) is 5.89 Å². The Bertz CT molecular complexity index is 677. The van der Waals surface area contributed by atoms with Crippen LogP contribution < -0.4 is 10.6 Å². The zero-order chi connectivity index (χ0) is 17.6. The zero-order valence-electron chi connectivity index (χ0n) is 15.1. The van der Waals surface area contributed by atoms with Gasteiger partial charge in [0.15, 0.2) is 5.96 Å². The predicted octanol–water partition coefficient (Wildman–Crippen LogP) is 4.61. The van der Waals surface area contributed by atoms with Crippen LogP contribution in [0.2, 0.25) is 0 Å². The molecule has 0 atom stereocenters. The molecule has 1 heterocycles. The van der Waals surface area contributed by atoms with E-state index < -0.39 is 0 Å². The number of oxazole rings is 1. The maximum Gasteiger partial charge on any atom is 0.213 e. The fraction of sp³-hybridized carbons (Fsp3) is 0.444. The van der Waals surface area contributed by atoms with Crippen LogP contribution in [0.5, 0.6) is 0 Å². The number of benzene rings is 1. The van der Waals surface area contributed by atoms with Gasteiger partial charge in [-0.3, -0.25) is 0 Å². The molecule has 5 nitrogen and oxygen atoms in total. The monoisotopic (exact) mass is 520 g/mol. The Balaban J connectivity index is 0.00000312. The standard InChI is InChI=1S/C18H25BrN4O.HI/c1-5-20-17(22-10-13-6-8-14(19)9-7-13)23-12-16-21-11-15(24-16)18(2,3)4;/h6-9,11H,5,10,12H2,1-4H3,(H2,20,22,23);1H.